The van der Waals surface area contributed by atoms with Crippen molar-refractivity contribution in [1.29, 1.82) is 0 Å². The van der Waals surface area contributed by atoms with Crippen LogP contribution in [0.1, 0.15) is 44.9 Å². The topological polar surface area (TPSA) is 58.2 Å². The highest BCUT2D eigenvalue weighted by Crippen LogP contribution is 2.21. The lowest BCUT2D eigenvalue weighted by Gasteiger charge is -2.11. The van der Waals surface area contributed by atoms with Gasteiger partial charge in [0.25, 0.3) is 0 Å². The van der Waals surface area contributed by atoms with E-state index in [1.54, 1.807) is 6.07 Å². The van der Waals surface area contributed by atoms with Gasteiger partial charge in [-0.05, 0) is 38.4 Å². The molecular formula is C13H24N2O2S2. The molecule has 1 atom stereocenters. The van der Waals surface area contributed by atoms with E-state index in [0.29, 0.717) is 4.21 Å². The number of sulfonamides is 1. The highest BCUT2D eigenvalue weighted by atomic mass is 32.2. The molecule has 1 aromatic heterocycles. The Bertz CT molecular complexity index is 469. The molecule has 1 heterocycles. The average molecular weight is 304 g/mol. The molecule has 110 valence electrons. The lowest BCUT2D eigenvalue weighted by molar-refractivity contribution is 0.545. The number of hydrogen-bond acceptors (Lipinski definition) is 4. The van der Waals surface area contributed by atoms with Crippen molar-refractivity contribution in [2.75, 3.05) is 6.54 Å². The van der Waals surface area contributed by atoms with Crippen LogP contribution in [-0.2, 0) is 16.6 Å². The van der Waals surface area contributed by atoms with Crippen LogP contribution in [0, 0.1) is 0 Å². The van der Waals surface area contributed by atoms with Gasteiger partial charge in [0.05, 0.1) is 0 Å². The molecule has 0 spiro atoms. The number of rotatable bonds is 9. The summed E-state index contributed by atoms with van der Waals surface area (Å²) in [7, 11) is -3.35. The third-order valence-electron chi connectivity index (χ3n) is 2.71. The van der Waals surface area contributed by atoms with E-state index in [-0.39, 0.29) is 6.04 Å². The zero-order valence-electron chi connectivity index (χ0n) is 11.9. The lowest BCUT2D eigenvalue weighted by Crippen LogP contribution is -2.31. The highest BCUT2D eigenvalue weighted by molar-refractivity contribution is 7.91. The molecule has 0 aromatic carbocycles. The Morgan fingerprint density at radius 3 is 2.63 bits per heavy atom. The molecule has 0 fully saturated rings. The SMILES string of the molecule is CCCNCc1ccc(S(=O)(=O)NC(C)CCC)s1. The minimum absolute atomic E-state index is 0.0150. The second kappa shape index (κ2) is 7.99. The molecule has 0 radical (unpaired) electrons. The molecule has 0 saturated heterocycles. The van der Waals surface area contributed by atoms with Crippen molar-refractivity contribution in [2.24, 2.45) is 0 Å². The van der Waals surface area contributed by atoms with E-state index in [9.17, 15) is 8.42 Å². The van der Waals surface area contributed by atoms with E-state index in [1.807, 2.05) is 19.9 Å². The maximum Gasteiger partial charge on any atom is 0.250 e. The van der Waals surface area contributed by atoms with E-state index >= 15 is 0 Å². The van der Waals surface area contributed by atoms with E-state index < -0.39 is 10.0 Å². The summed E-state index contributed by atoms with van der Waals surface area (Å²) in [6.45, 7) is 7.74. The molecule has 2 N–H and O–H groups in total. The smallest absolute Gasteiger partial charge is 0.250 e. The molecule has 0 bridgehead atoms. The van der Waals surface area contributed by atoms with Gasteiger partial charge in [0.1, 0.15) is 4.21 Å². The van der Waals surface area contributed by atoms with Crippen LogP contribution < -0.4 is 10.0 Å². The Kier molecular flexibility index (Phi) is 6.99. The Morgan fingerprint density at radius 2 is 2.00 bits per heavy atom. The Hall–Kier alpha value is -0.430. The molecule has 6 heteroatoms. The third kappa shape index (κ3) is 5.60. The predicted octanol–water partition coefficient (Wildman–Crippen LogP) is 2.71. The molecule has 1 rings (SSSR count). The summed E-state index contributed by atoms with van der Waals surface area (Å²) in [5, 5.41) is 3.27. The number of thiophene rings is 1. The Morgan fingerprint density at radius 1 is 1.26 bits per heavy atom. The first-order valence-electron chi connectivity index (χ1n) is 6.81. The molecule has 1 aromatic rings. The minimum atomic E-state index is -3.35. The van der Waals surface area contributed by atoms with Gasteiger partial charge in [-0.25, -0.2) is 13.1 Å². The van der Waals surface area contributed by atoms with Gasteiger partial charge < -0.3 is 5.32 Å². The Balaban J connectivity index is 2.63. The van der Waals surface area contributed by atoms with Crippen molar-refractivity contribution in [3.63, 3.8) is 0 Å². The largest absolute Gasteiger partial charge is 0.312 e. The van der Waals surface area contributed by atoms with Gasteiger partial charge in [-0.2, -0.15) is 0 Å². The summed E-state index contributed by atoms with van der Waals surface area (Å²) in [4.78, 5) is 1.05. The van der Waals surface area contributed by atoms with Crippen LogP contribution in [0.2, 0.25) is 0 Å². The van der Waals surface area contributed by atoms with Crippen molar-refractivity contribution in [3.05, 3.63) is 17.0 Å². The summed E-state index contributed by atoms with van der Waals surface area (Å²) in [5.41, 5.74) is 0. The second-order valence-electron chi connectivity index (χ2n) is 4.71. The van der Waals surface area contributed by atoms with E-state index in [1.165, 1.54) is 11.3 Å². The minimum Gasteiger partial charge on any atom is -0.312 e. The van der Waals surface area contributed by atoms with Gasteiger partial charge in [-0.3, -0.25) is 0 Å². The molecule has 0 saturated carbocycles. The second-order valence-corrected chi connectivity index (χ2v) is 7.82. The van der Waals surface area contributed by atoms with Crippen LogP contribution in [0.15, 0.2) is 16.3 Å². The Labute approximate surface area is 120 Å². The monoisotopic (exact) mass is 304 g/mol. The van der Waals surface area contributed by atoms with Crippen molar-refractivity contribution < 1.29 is 8.42 Å². The molecule has 4 nitrogen and oxygen atoms in total. The summed E-state index contributed by atoms with van der Waals surface area (Å²) >= 11 is 1.34. The molecule has 0 amide bonds. The molecule has 1 unspecified atom stereocenters. The van der Waals surface area contributed by atoms with Crippen molar-refractivity contribution >= 4 is 21.4 Å². The van der Waals surface area contributed by atoms with Gasteiger partial charge >= 0.3 is 0 Å². The lowest BCUT2D eigenvalue weighted by atomic mass is 10.2. The van der Waals surface area contributed by atoms with Crippen LogP contribution in [0.3, 0.4) is 0 Å². The van der Waals surface area contributed by atoms with Crippen LogP contribution in [0.25, 0.3) is 0 Å². The van der Waals surface area contributed by atoms with Crippen molar-refractivity contribution in [3.8, 4) is 0 Å². The number of nitrogens with one attached hydrogen (secondary N) is 2. The van der Waals surface area contributed by atoms with Crippen LogP contribution in [0.4, 0.5) is 0 Å². The predicted molar refractivity (Wildman–Crippen MR) is 81.0 cm³/mol. The zero-order chi connectivity index (χ0) is 14.3. The van der Waals surface area contributed by atoms with Gasteiger partial charge in [0.2, 0.25) is 10.0 Å². The highest BCUT2D eigenvalue weighted by Gasteiger charge is 2.18. The summed E-state index contributed by atoms with van der Waals surface area (Å²) in [6, 6.07) is 3.56. The first kappa shape index (κ1) is 16.6. The zero-order valence-corrected chi connectivity index (χ0v) is 13.5. The fraction of sp³-hybridized carbons (Fsp3) is 0.692. The van der Waals surface area contributed by atoms with E-state index in [0.717, 1.165) is 37.2 Å². The molecule has 0 aliphatic heterocycles. The maximum absolute atomic E-state index is 12.1. The van der Waals surface area contributed by atoms with Crippen molar-refractivity contribution in [2.45, 2.75) is 56.8 Å². The van der Waals surface area contributed by atoms with Crippen molar-refractivity contribution in [1.82, 2.24) is 10.0 Å². The van der Waals surface area contributed by atoms with Gasteiger partial charge in [-0.15, -0.1) is 11.3 Å². The average Bonchev–Trinajstić information content (AvgIpc) is 2.78. The molecule has 19 heavy (non-hydrogen) atoms. The normalized spacial score (nSPS) is 13.6. The first-order valence-corrected chi connectivity index (χ1v) is 9.11. The fourth-order valence-electron chi connectivity index (χ4n) is 1.80. The van der Waals surface area contributed by atoms with Crippen LogP contribution in [0.5, 0.6) is 0 Å². The summed E-state index contributed by atoms with van der Waals surface area (Å²) in [6.07, 6.45) is 2.91. The molecular weight excluding hydrogens is 280 g/mol. The first-order chi connectivity index (χ1) is 8.99. The summed E-state index contributed by atoms with van der Waals surface area (Å²) in [5.74, 6) is 0. The van der Waals surface area contributed by atoms with Gasteiger partial charge in [0.15, 0.2) is 0 Å². The van der Waals surface area contributed by atoms with E-state index in [4.69, 9.17) is 0 Å². The quantitative estimate of drug-likeness (QED) is 0.690. The number of hydrogen-bond donors (Lipinski definition) is 2. The maximum atomic E-state index is 12.1. The summed E-state index contributed by atoms with van der Waals surface area (Å²) < 4.78 is 27.4. The molecule has 0 aliphatic rings. The fourth-order valence-corrected chi connectivity index (χ4v) is 4.42. The van der Waals surface area contributed by atoms with Crippen LogP contribution in [-0.4, -0.2) is 21.0 Å². The standard InChI is InChI=1S/C13H24N2O2S2/c1-4-6-11(3)15-19(16,17)13-8-7-12(18-13)10-14-9-5-2/h7-8,11,14-15H,4-6,9-10H2,1-3H3. The van der Waals surface area contributed by atoms with Gasteiger partial charge in [-0.1, -0.05) is 20.3 Å². The third-order valence-corrected chi connectivity index (χ3v) is 5.87. The molecule has 0 aliphatic carbocycles. The van der Waals surface area contributed by atoms with Gasteiger partial charge in [0, 0.05) is 17.5 Å². The van der Waals surface area contributed by atoms with E-state index in [2.05, 4.69) is 17.0 Å². The van der Waals surface area contributed by atoms with Crippen LogP contribution >= 0.6 is 11.3 Å².